The van der Waals surface area contributed by atoms with Crippen molar-refractivity contribution >= 4 is 0 Å². The van der Waals surface area contributed by atoms with Crippen LogP contribution in [-0.2, 0) is 10.8 Å². The first kappa shape index (κ1) is 15.0. The predicted octanol–water partition coefficient (Wildman–Crippen LogP) is 3.57. The molecule has 0 saturated heterocycles. The summed E-state index contributed by atoms with van der Waals surface area (Å²) in [6.45, 7) is 12.9. The van der Waals surface area contributed by atoms with Gasteiger partial charge in [0.05, 0.1) is 13.7 Å². The van der Waals surface area contributed by atoms with E-state index in [1.54, 1.807) is 7.11 Å². The van der Waals surface area contributed by atoms with Crippen LogP contribution < -0.4 is 4.74 Å². The zero-order valence-corrected chi connectivity index (χ0v) is 12.7. The summed E-state index contributed by atoms with van der Waals surface area (Å²) in [6.07, 6.45) is 0. The highest BCUT2D eigenvalue weighted by Gasteiger charge is 2.26. The Morgan fingerprint density at radius 3 is 2.00 bits per heavy atom. The largest absolute Gasteiger partial charge is 0.496 e. The number of rotatable bonds is 3. The molecule has 1 aromatic rings. The summed E-state index contributed by atoms with van der Waals surface area (Å²) in [4.78, 5) is 0. The smallest absolute Gasteiger partial charge is 0.122 e. The molecule has 0 aliphatic carbocycles. The van der Waals surface area contributed by atoms with Crippen LogP contribution in [0.4, 0.5) is 0 Å². The van der Waals surface area contributed by atoms with Crippen LogP contribution in [0.1, 0.15) is 51.3 Å². The molecular formula is C16H26O2. The van der Waals surface area contributed by atoms with Crippen LogP contribution in [0.3, 0.4) is 0 Å². The van der Waals surface area contributed by atoms with Crippen LogP contribution in [0, 0.1) is 6.92 Å². The lowest BCUT2D eigenvalue weighted by Crippen LogP contribution is -2.24. The zero-order valence-electron chi connectivity index (χ0n) is 12.7. The lowest BCUT2D eigenvalue weighted by molar-refractivity contribution is 0.217. The topological polar surface area (TPSA) is 29.5 Å². The number of methoxy groups -OCH3 is 1. The predicted molar refractivity (Wildman–Crippen MR) is 76.5 cm³/mol. The third-order valence-corrected chi connectivity index (χ3v) is 3.48. The molecule has 0 radical (unpaired) electrons. The van der Waals surface area contributed by atoms with Crippen LogP contribution in [-0.4, -0.2) is 18.8 Å². The van der Waals surface area contributed by atoms with Crippen LogP contribution >= 0.6 is 0 Å². The monoisotopic (exact) mass is 250 g/mol. The van der Waals surface area contributed by atoms with Crippen molar-refractivity contribution in [3.8, 4) is 5.75 Å². The summed E-state index contributed by atoms with van der Waals surface area (Å²) in [5.41, 5.74) is 3.38. The van der Waals surface area contributed by atoms with Gasteiger partial charge in [-0.15, -0.1) is 0 Å². The van der Waals surface area contributed by atoms with Crippen LogP contribution in [0.5, 0.6) is 5.75 Å². The van der Waals surface area contributed by atoms with Gasteiger partial charge in [-0.25, -0.2) is 0 Å². The summed E-state index contributed by atoms with van der Waals surface area (Å²) < 4.78 is 5.53. The summed E-state index contributed by atoms with van der Waals surface area (Å²) >= 11 is 0. The zero-order chi connectivity index (χ0) is 14.1. The minimum absolute atomic E-state index is 0.0536. The van der Waals surface area contributed by atoms with Gasteiger partial charge in [0.15, 0.2) is 0 Å². The highest BCUT2D eigenvalue weighted by molar-refractivity contribution is 5.48. The van der Waals surface area contributed by atoms with E-state index in [2.05, 4.69) is 39.8 Å². The molecule has 102 valence electrons. The van der Waals surface area contributed by atoms with Gasteiger partial charge in [0, 0.05) is 5.41 Å². The second kappa shape index (κ2) is 4.93. The number of hydrogen-bond acceptors (Lipinski definition) is 2. The Hall–Kier alpha value is -1.02. The van der Waals surface area contributed by atoms with E-state index in [0.717, 1.165) is 11.3 Å². The molecule has 18 heavy (non-hydrogen) atoms. The normalized spacial score (nSPS) is 12.7. The highest BCUT2D eigenvalue weighted by atomic mass is 16.5. The average Bonchev–Trinajstić information content (AvgIpc) is 2.27. The molecule has 0 fully saturated rings. The maximum atomic E-state index is 9.52. The molecule has 2 nitrogen and oxygen atoms in total. The van der Waals surface area contributed by atoms with E-state index < -0.39 is 0 Å². The average molecular weight is 250 g/mol. The van der Waals surface area contributed by atoms with Gasteiger partial charge in [0.1, 0.15) is 5.75 Å². The first-order chi connectivity index (χ1) is 8.13. The van der Waals surface area contributed by atoms with E-state index in [-0.39, 0.29) is 17.4 Å². The van der Waals surface area contributed by atoms with Gasteiger partial charge in [-0.05, 0) is 35.1 Å². The van der Waals surface area contributed by atoms with E-state index in [1.165, 1.54) is 11.1 Å². The van der Waals surface area contributed by atoms with Crippen LogP contribution in [0.25, 0.3) is 0 Å². The fourth-order valence-corrected chi connectivity index (χ4v) is 2.26. The quantitative estimate of drug-likeness (QED) is 0.888. The Balaban J connectivity index is 3.45. The molecule has 1 rings (SSSR count). The molecule has 0 aliphatic heterocycles. The molecule has 1 N–H and O–H groups in total. The molecule has 0 unspecified atom stereocenters. The van der Waals surface area contributed by atoms with Crippen molar-refractivity contribution in [3.63, 3.8) is 0 Å². The van der Waals surface area contributed by atoms with E-state index in [9.17, 15) is 5.11 Å². The summed E-state index contributed by atoms with van der Waals surface area (Å²) in [5, 5.41) is 9.52. The van der Waals surface area contributed by atoms with Crippen molar-refractivity contribution in [1.29, 1.82) is 0 Å². The Morgan fingerprint density at radius 1 is 1.06 bits per heavy atom. The number of benzene rings is 1. The Kier molecular flexibility index (Phi) is 4.12. The molecule has 0 bridgehead atoms. The molecular weight excluding hydrogens is 224 g/mol. The van der Waals surface area contributed by atoms with Crippen molar-refractivity contribution in [2.24, 2.45) is 0 Å². The van der Waals surface area contributed by atoms with Gasteiger partial charge >= 0.3 is 0 Å². The number of hydrogen-bond donors (Lipinski definition) is 1. The van der Waals surface area contributed by atoms with Gasteiger partial charge < -0.3 is 9.84 Å². The van der Waals surface area contributed by atoms with Gasteiger partial charge in [0.2, 0.25) is 0 Å². The number of ether oxygens (including phenoxy) is 1. The van der Waals surface area contributed by atoms with Gasteiger partial charge in [-0.1, -0.05) is 40.7 Å². The SMILES string of the molecule is COc1cc(C(C)(C)CO)c(C)cc1C(C)(C)C. The Morgan fingerprint density at radius 2 is 1.61 bits per heavy atom. The second-order valence-electron chi connectivity index (χ2n) is 6.66. The van der Waals surface area contributed by atoms with E-state index in [4.69, 9.17) is 4.74 Å². The lowest BCUT2D eigenvalue weighted by Gasteiger charge is -2.29. The van der Waals surface area contributed by atoms with E-state index >= 15 is 0 Å². The highest BCUT2D eigenvalue weighted by Crippen LogP contribution is 2.37. The molecule has 0 amide bonds. The number of aliphatic hydroxyl groups is 1. The fraction of sp³-hybridized carbons (Fsp3) is 0.625. The second-order valence-corrected chi connectivity index (χ2v) is 6.66. The van der Waals surface area contributed by atoms with Crippen molar-refractivity contribution in [2.75, 3.05) is 13.7 Å². The molecule has 1 aromatic carbocycles. The van der Waals surface area contributed by atoms with Gasteiger partial charge in [-0.3, -0.25) is 0 Å². The van der Waals surface area contributed by atoms with Crippen LogP contribution in [0.2, 0.25) is 0 Å². The Labute approximate surface area is 111 Å². The lowest BCUT2D eigenvalue weighted by atomic mass is 9.78. The van der Waals surface area contributed by atoms with Gasteiger partial charge in [0.25, 0.3) is 0 Å². The molecule has 0 spiro atoms. The van der Waals surface area contributed by atoms with Crippen molar-refractivity contribution in [2.45, 2.75) is 52.4 Å². The maximum absolute atomic E-state index is 9.52. The van der Waals surface area contributed by atoms with Crippen molar-refractivity contribution < 1.29 is 9.84 Å². The summed E-state index contributed by atoms with van der Waals surface area (Å²) in [6, 6.07) is 4.26. The van der Waals surface area contributed by atoms with Crippen LogP contribution in [0.15, 0.2) is 12.1 Å². The summed E-state index contributed by atoms with van der Waals surface area (Å²) in [5.74, 6) is 0.907. The third-order valence-electron chi connectivity index (χ3n) is 3.48. The molecule has 0 atom stereocenters. The standard InChI is InChI=1S/C16H26O2/c1-11-8-13(15(2,3)4)14(18-7)9-12(11)16(5,6)10-17/h8-9,17H,10H2,1-7H3. The minimum atomic E-state index is -0.242. The molecule has 0 aliphatic rings. The molecule has 0 aromatic heterocycles. The molecule has 2 heteroatoms. The maximum Gasteiger partial charge on any atom is 0.122 e. The van der Waals surface area contributed by atoms with Gasteiger partial charge in [-0.2, -0.15) is 0 Å². The molecule has 0 heterocycles. The molecule has 0 saturated carbocycles. The Bertz CT molecular complexity index is 425. The van der Waals surface area contributed by atoms with E-state index in [0.29, 0.717) is 0 Å². The van der Waals surface area contributed by atoms with Crippen molar-refractivity contribution in [1.82, 2.24) is 0 Å². The fourth-order valence-electron chi connectivity index (χ4n) is 2.26. The third kappa shape index (κ3) is 2.86. The summed E-state index contributed by atoms with van der Waals surface area (Å²) in [7, 11) is 1.70. The number of aliphatic hydroxyl groups excluding tert-OH is 1. The first-order valence-corrected chi connectivity index (χ1v) is 6.44. The minimum Gasteiger partial charge on any atom is -0.496 e. The van der Waals surface area contributed by atoms with E-state index in [1.807, 2.05) is 13.8 Å². The first-order valence-electron chi connectivity index (χ1n) is 6.44. The van der Waals surface area contributed by atoms with Crippen molar-refractivity contribution in [3.05, 3.63) is 28.8 Å². The number of aryl methyl sites for hydroxylation is 1.